The van der Waals surface area contributed by atoms with E-state index in [0.717, 1.165) is 5.56 Å². The lowest BCUT2D eigenvalue weighted by Gasteiger charge is -2.49. The molecule has 1 aromatic carbocycles. The van der Waals surface area contributed by atoms with Gasteiger partial charge < -0.3 is 19.3 Å². The minimum absolute atomic E-state index is 0.0340. The number of benzene rings is 1. The number of aliphatic hydroxyl groups excluding tert-OH is 1. The summed E-state index contributed by atoms with van der Waals surface area (Å²) in [5.74, 6) is 0.212. The Hall–Kier alpha value is -0.940. The Kier molecular flexibility index (Phi) is 6.20. The quantitative estimate of drug-likeness (QED) is 0.873. The predicted molar refractivity (Wildman–Crippen MR) is 89.9 cm³/mol. The predicted octanol–water partition coefficient (Wildman–Crippen LogP) is 3.23. The lowest BCUT2D eigenvalue weighted by molar-refractivity contribution is -0.297. The minimum atomic E-state index is -0.470. The van der Waals surface area contributed by atoms with Crippen molar-refractivity contribution in [2.45, 2.75) is 52.8 Å². The third-order valence-corrected chi connectivity index (χ3v) is 4.93. The molecule has 4 heteroatoms. The summed E-state index contributed by atoms with van der Waals surface area (Å²) in [6, 6.07) is 10.1. The molecule has 0 amide bonds. The van der Waals surface area contributed by atoms with Crippen molar-refractivity contribution in [2.75, 3.05) is 13.7 Å². The zero-order chi connectivity index (χ0) is 17.0. The third-order valence-electron chi connectivity index (χ3n) is 4.93. The Morgan fingerprint density at radius 2 is 1.91 bits per heavy atom. The Balaban J connectivity index is 1.92. The van der Waals surface area contributed by atoms with Crippen LogP contribution in [-0.2, 0) is 20.8 Å². The largest absolute Gasteiger partial charge is 0.392 e. The van der Waals surface area contributed by atoms with Crippen LogP contribution in [0.2, 0.25) is 0 Å². The molecule has 1 aromatic rings. The van der Waals surface area contributed by atoms with E-state index in [1.54, 1.807) is 7.11 Å². The van der Waals surface area contributed by atoms with E-state index >= 15 is 0 Å². The van der Waals surface area contributed by atoms with Crippen LogP contribution in [0.3, 0.4) is 0 Å². The number of rotatable bonds is 6. The van der Waals surface area contributed by atoms with E-state index in [1.807, 2.05) is 39.0 Å². The summed E-state index contributed by atoms with van der Waals surface area (Å²) in [5.41, 5.74) is 0.739. The fourth-order valence-corrected chi connectivity index (χ4v) is 3.48. The molecule has 0 bridgehead atoms. The number of hydrogen-bond acceptors (Lipinski definition) is 4. The van der Waals surface area contributed by atoms with Crippen LogP contribution < -0.4 is 0 Å². The Bertz CT molecular complexity index is 470. The molecule has 1 fully saturated rings. The molecule has 1 aliphatic rings. The van der Waals surface area contributed by atoms with Crippen LogP contribution >= 0.6 is 0 Å². The Morgan fingerprint density at radius 1 is 1.26 bits per heavy atom. The van der Waals surface area contributed by atoms with E-state index < -0.39 is 17.8 Å². The van der Waals surface area contributed by atoms with E-state index in [4.69, 9.17) is 14.2 Å². The van der Waals surface area contributed by atoms with E-state index in [-0.39, 0.29) is 17.9 Å². The van der Waals surface area contributed by atoms with Gasteiger partial charge in [0, 0.05) is 24.4 Å². The van der Waals surface area contributed by atoms with Gasteiger partial charge in [0.05, 0.1) is 25.4 Å². The molecule has 1 heterocycles. The fourth-order valence-electron chi connectivity index (χ4n) is 3.48. The Labute approximate surface area is 139 Å². The molecule has 0 spiro atoms. The molecule has 2 rings (SSSR count). The molecule has 0 unspecified atom stereocenters. The highest BCUT2D eigenvalue weighted by molar-refractivity contribution is 5.13. The van der Waals surface area contributed by atoms with Crippen LogP contribution in [-0.4, -0.2) is 37.3 Å². The molecule has 0 radical (unpaired) electrons. The number of ether oxygens (including phenoxy) is 3. The zero-order valence-corrected chi connectivity index (χ0v) is 14.9. The monoisotopic (exact) mass is 322 g/mol. The van der Waals surface area contributed by atoms with Crippen molar-refractivity contribution >= 4 is 0 Å². The van der Waals surface area contributed by atoms with Crippen molar-refractivity contribution < 1.29 is 19.3 Å². The van der Waals surface area contributed by atoms with Gasteiger partial charge in [-0.2, -0.15) is 0 Å². The van der Waals surface area contributed by atoms with Gasteiger partial charge in [-0.1, -0.05) is 58.0 Å². The van der Waals surface area contributed by atoms with Gasteiger partial charge in [-0.25, -0.2) is 0 Å². The molecule has 0 aromatic heterocycles. The lowest BCUT2D eigenvalue weighted by Crippen LogP contribution is -2.57. The summed E-state index contributed by atoms with van der Waals surface area (Å²) < 4.78 is 17.4. The molecular weight excluding hydrogens is 292 g/mol. The molecular formula is C19H30O4. The van der Waals surface area contributed by atoms with Crippen molar-refractivity contribution in [1.29, 1.82) is 0 Å². The second kappa shape index (κ2) is 7.75. The van der Waals surface area contributed by atoms with Gasteiger partial charge in [-0.15, -0.1) is 0 Å². The summed E-state index contributed by atoms with van der Waals surface area (Å²) in [6.07, 6.45) is -0.961. The van der Waals surface area contributed by atoms with E-state index in [2.05, 4.69) is 19.1 Å². The Morgan fingerprint density at radius 3 is 2.52 bits per heavy atom. The standard InChI is InChI=1S/C19H30O4/c1-13(11-22-12-15-9-7-6-8-10-15)16-14(2)17(20)19(3,4)18(21-5)23-16/h6-10,13-14,16-18,20H,11-12H2,1-5H3/t13-,14+,16-,17+,18+/m0/s1. The van der Waals surface area contributed by atoms with Crippen molar-refractivity contribution in [2.24, 2.45) is 17.3 Å². The minimum Gasteiger partial charge on any atom is -0.392 e. The highest BCUT2D eigenvalue weighted by Gasteiger charge is 2.49. The van der Waals surface area contributed by atoms with Crippen molar-refractivity contribution in [1.82, 2.24) is 0 Å². The fraction of sp³-hybridized carbons (Fsp3) is 0.684. The smallest absolute Gasteiger partial charge is 0.165 e. The molecule has 1 aliphatic heterocycles. The van der Waals surface area contributed by atoms with Crippen molar-refractivity contribution in [3.05, 3.63) is 35.9 Å². The van der Waals surface area contributed by atoms with E-state index in [9.17, 15) is 5.11 Å². The van der Waals surface area contributed by atoms with Gasteiger partial charge in [0.2, 0.25) is 0 Å². The van der Waals surface area contributed by atoms with E-state index in [1.165, 1.54) is 0 Å². The molecule has 1 N–H and O–H groups in total. The number of methoxy groups -OCH3 is 1. The maximum Gasteiger partial charge on any atom is 0.165 e. The molecule has 23 heavy (non-hydrogen) atoms. The SMILES string of the molecule is CO[C@@H]1O[C@@H]([C@@H](C)COCc2ccccc2)[C@@H](C)[C@@H](O)C1(C)C. The molecule has 1 saturated heterocycles. The average Bonchev–Trinajstić information content (AvgIpc) is 2.54. The molecule has 5 atom stereocenters. The van der Waals surface area contributed by atoms with Gasteiger partial charge in [-0.3, -0.25) is 0 Å². The van der Waals surface area contributed by atoms with Crippen LogP contribution in [0, 0.1) is 17.3 Å². The van der Waals surface area contributed by atoms with Crippen LogP contribution in [0.25, 0.3) is 0 Å². The van der Waals surface area contributed by atoms with Gasteiger partial charge >= 0.3 is 0 Å². The first-order valence-electron chi connectivity index (χ1n) is 8.36. The average molecular weight is 322 g/mol. The summed E-state index contributed by atoms with van der Waals surface area (Å²) in [7, 11) is 1.63. The maximum atomic E-state index is 10.6. The van der Waals surface area contributed by atoms with E-state index in [0.29, 0.717) is 13.2 Å². The second-order valence-corrected chi connectivity index (χ2v) is 7.27. The van der Waals surface area contributed by atoms with Gasteiger partial charge in [0.1, 0.15) is 0 Å². The second-order valence-electron chi connectivity index (χ2n) is 7.27. The highest BCUT2D eigenvalue weighted by atomic mass is 16.7. The zero-order valence-electron chi connectivity index (χ0n) is 14.9. The third kappa shape index (κ3) is 4.13. The number of hydrogen-bond donors (Lipinski definition) is 1. The highest BCUT2D eigenvalue weighted by Crippen LogP contribution is 2.41. The molecule has 0 aliphatic carbocycles. The summed E-state index contributed by atoms with van der Waals surface area (Å²) in [4.78, 5) is 0. The topological polar surface area (TPSA) is 47.9 Å². The van der Waals surface area contributed by atoms with Crippen LogP contribution in [0.5, 0.6) is 0 Å². The lowest BCUT2D eigenvalue weighted by atomic mass is 9.73. The maximum absolute atomic E-state index is 10.6. The van der Waals surface area contributed by atoms with Gasteiger partial charge in [0.25, 0.3) is 0 Å². The van der Waals surface area contributed by atoms with Gasteiger partial charge in [0.15, 0.2) is 6.29 Å². The first-order valence-corrected chi connectivity index (χ1v) is 8.36. The normalized spacial score (nSPS) is 31.7. The molecule has 4 nitrogen and oxygen atoms in total. The molecule has 130 valence electrons. The van der Waals surface area contributed by atoms with Crippen molar-refractivity contribution in [3.63, 3.8) is 0 Å². The summed E-state index contributed by atoms with van der Waals surface area (Å²) >= 11 is 0. The first kappa shape index (κ1) is 18.4. The van der Waals surface area contributed by atoms with Crippen LogP contribution in [0.15, 0.2) is 30.3 Å². The van der Waals surface area contributed by atoms with Gasteiger partial charge in [-0.05, 0) is 5.56 Å². The summed E-state index contributed by atoms with van der Waals surface area (Å²) in [6.45, 7) is 9.28. The van der Waals surface area contributed by atoms with Crippen molar-refractivity contribution in [3.8, 4) is 0 Å². The first-order chi connectivity index (χ1) is 10.9. The summed E-state index contributed by atoms with van der Waals surface area (Å²) in [5, 5.41) is 10.6. The van der Waals surface area contributed by atoms with Crippen LogP contribution in [0.4, 0.5) is 0 Å². The number of aliphatic hydroxyl groups is 1. The van der Waals surface area contributed by atoms with Crippen LogP contribution in [0.1, 0.15) is 33.3 Å². The molecule has 0 saturated carbocycles.